The molecule has 0 aromatic heterocycles. The molecule has 0 atom stereocenters. The third kappa shape index (κ3) is 3.03. The first-order chi connectivity index (χ1) is 6.74. The van der Waals surface area contributed by atoms with Gasteiger partial charge in [0.2, 0.25) is 0 Å². The number of rotatable bonds is 4. The summed E-state index contributed by atoms with van der Waals surface area (Å²) >= 11 is 0. The lowest BCUT2D eigenvalue weighted by Gasteiger charge is -2.01. The van der Waals surface area contributed by atoms with Gasteiger partial charge in [-0.05, 0) is 6.92 Å². The number of carbonyl (C=O) groups excluding carboxylic acids is 1. The Balaban J connectivity index is 2.72. The number of hydrogen-bond acceptors (Lipinski definition) is 3. The Labute approximate surface area is 83.3 Å². The summed E-state index contributed by atoms with van der Waals surface area (Å²) < 4.78 is 0. The third-order valence-electron chi connectivity index (χ3n) is 1.67. The highest BCUT2D eigenvalue weighted by Crippen LogP contribution is 2.02. The molecule has 0 radical (unpaired) electrons. The Bertz CT molecular complexity index is 330. The maximum Gasteiger partial charge on any atom is 0.187 e. The fraction of sp³-hybridized carbons (Fsp3) is 0.182. The monoisotopic (exact) mass is 191 g/mol. The summed E-state index contributed by atoms with van der Waals surface area (Å²) in [5.41, 5.74) is 3.94. The Morgan fingerprint density at radius 2 is 2.00 bits per heavy atom. The van der Waals surface area contributed by atoms with Crippen molar-refractivity contribution >= 4 is 5.78 Å². The van der Waals surface area contributed by atoms with Crippen LogP contribution in [0.4, 0.5) is 0 Å². The Morgan fingerprint density at radius 1 is 1.36 bits per heavy atom. The van der Waals surface area contributed by atoms with E-state index in [1.54, 1.807) is 19.1 Å². The van der Waals surface area contributed by atoms with E-state index in [9.17, 15) is 4.79 Å². The molecule has 3 heteroatoms. The van der Waals surface area contributed by atoms with Crippen molar-refractivity contribution in [2.24, 2.45) is 0 Å². The van der Waals surface area contributed by atoms with E-state index in [1.165, 1.54) is 13.2 Å². The molecule has 0 heterocycles. The van der Waals surface area contributed by atoms with Gasteiger partial charge in [0.15, 0.2) is 5.78 Å². The molecule has 0 bridgehead atoms. The van der Waals surface area contributed by atoms with Gasteiger partial charge in [0.1, 0.15) is 0 Å². The topological polar surface area (TPSA) is 38.3 Å². The SMILES string of the molecule is CONC(C)=CC(=O)c1ccccc1. The molecule has 1 aromatic rings. The van der Waals surface area contributed by atoms with E-state index in [0.717, 1.165) is 0 Å². The van der Waals surface area contributed by atoms with Crippen LogP contribution < -0.4 is 5.48 Å². The third-order valence-corrected chi connectivity index (χ3v) is 1.67. The maximum absolute atomic E-state index is 11.6. The molecule has 0 unspecified atom stereocenters. The molecular formula is C11H13NO2. The van der Waals surface area contributed by atoms with E-state index in [-0.39, 0.29) is 5.78 Å². The minimum atomic E-state index is -0.0346. The van der Waals surface area contributed by atoms with Crippen LogP contribution >= 0.6 is 0 Å². The van der Waals surface area contributed by atoms with Crippen LogP contribution in [0.3, 0.4) is 0 Å². The van der Waals surface area contributed by atoms with E-state index >= 15 is 0 Å². The van der Waals surface area contributed by atoms with Crippen molar-refractivity contribution in [3.63, 3.8) is 0 Å². The summed E-state index contributed by atoms with van der Waals surface area (Å²) in [6, 6.07) is 9.10. The zero-order valence-corrected chi connectivity index (χ0v) is 8.28. The standard InChI is InChI=1S/C11H13NO2/c1-9(12-14-2)8-11(13)10-6-4-3-5-7-10/h3-8,12H,1-2H3. The van der Waals surface area contributed by atoms with Crippen molar-refractivity contribution in [3.8, 4) is 0 Å². The van der Waals surface area contributed by atoms with E-state index < -0.39 is 0 Å². The molecule has 0 saturated heterocycles. The second-order valence-electron chi connectivity index (χ2n) is 2.86. The van der Waals surface area contributed by atoms with Gasteiger partial charge in [-0.3, -0.25) is 15.1 Å². The average molecular weight is 191 g/mol. The van der Waals surface area contributed by atoms with Crippen molar-refractivity contribution in [1.29, 1.82) is 0 Å². The first kappa shape index (κ1) is 10.5. The highest BCUT2D eigenvalue weighted by molar-refractivity contribution is 6.04. The highest BCUT2D eigenvalue weighted by Gasteiger charge is 2.00. The number of hydroxylamine groups is 1. The van der Waals surface area contributed by atoms with Crippen molar-refractivity contribution < 1.29 is 9.63 Å². The van der Waals surface area contributed by atoms with Crippen LogP contribution in [-0.4, -0.2) is 12.9 Å². The number of ketones is 1. The first-order valence-electron chi connectivity index (χ1n) is 4.30. The lowest BCUT2D eigenvalue weighted by Crippen LogP contribution is -2.10. The summed E-state index contributed by atoms with van der Waals surface area (Å²) in [6.45, 7) is 1.77. The zero-order chi connectivity index (χ0) is 10.4. The molecule has 3 nitrogen and oxygen atoms in total. The van der Waals surface area contributed by atoms with Gasteiger partial charge in [0.05, 0.1) is 7.11 Å². The molecule has 14 heavy (non-hydrogen) atoms. The number of carbonyl (C=O) groups is 1. The molecule has 0 amide bonds. The van der Waals surface area contributed by atoms with Crippen LogP contribution in [0.25, 0.3) is 0 Å². The van der Waals surface area contributed by atoms with Crippen molar-refractivity contribution in [3.05, 3.63) is 47.7 Å². The largest absolute Gasteiger partial charge is 0.289 e. The summed E-state index contributed by atoms with van der Waals surface area (Å²) in [5.74, 6) is -0.0346. The summed E-state index contributed by atoms with van der Waals surface area (Å²) in [6.07, 6.45) is 1.50. The molecule has 0 aliphatic rings. The van der Waals surface area contributed by atoms with Crippen molar-refractivity contribution in [2.45, 2.75) is 6.92 Å². The van der Waals surface area contributed by atoms with E-state index in [1.807, 2.05) is 18.2 Å². The van der Waals surface area contributed by atoms with E-state index in [0.29, 0.717) is 11.3 Å². The van der Waals surface area contributed by atoms with Crippen molar-refractivity contribution in [2.75, 3.05) is 7.11 Å². The first-order valence-corrected chi connectivity index (χ1v) is 4.30. The van der Waals surface area contributed by atoms with Crippen LogP contribution in [0.5, 0.6) is 0 Å². The predicted octanol–water partition coefficient (Wildman–Crippen LogP) is 1.92. The molecule has 0 spiro atoms. The summed E-state index contributed by atoms with van der Waals surface area (Å²) in [5, 5.41) is 0. The van der Waals surface area contributed by atoms with Gasteiger partial charge in [0, 0.05) is 17.3 Å². The van der Waals surface area contributed by atoms with Crippen LogP contribution in [0, 0.1) is 0 Å². The molecule has 1 aromatic carbocycles. The number of nitrogens with one attached hydrogen (secondary N) is 1. The van der Waals surface area contributed by atoms with E-state index in [4.69, 9.17) is 0 Å². The number of hydrogen-bond donors (Lipinski definition) is 1. The van der Waals surface area contributed by atoms with Gasteiger partial charge >= 0.3 is 0 Å². The zero-order valence-electron chi connectivity index (χ0n) is 8.28. The van der Waals surface area contributed by atoms with Crippen LogP contribution in [0.2, 0.25) is 0 Å². The Kier molecular flexibility index (Phi) is 3.88. The normalized spacial score (nSPS) is 11.1. The second kappa shape index (κ2) is 5.19. The molecule has 1 N–H and O–H groups in total. The van der Waals surface area contributed by atoms with Crippen LogP contribution in [-0.2, 0) is 4.84 Å². The maximum atomic E-state index is 11.6. The second-order valence-corrected chi connectivity index (χ2v) is 2.86. The van der Waals surface area contributed by atoms with Gasteiger partial charge in [-0.25, -0.2) is 0 Å². The molecular weight excluding hydrogens is 178 g/mol. The number of allylic oxidation sites excluding steroid dienone is 2. The molecule has 1 rings (SSSR count). The minimum Gasteiger partial charge on any atom is -0.289 e. The van der Waals surface area contributed by atoms with Gasteiger partial charge in [-0.15, -0.1) is 0 Å². The highest BCUT2D eigenvalue weighted by atomic mass is 16.6. The predicted molar refractivity (Wildman–Crippen MR) is 54.7 cm³/mol. The molecule has 74 valence electrons. The molecule has 0 fully saturated rings. The van der Waals surface area contributed by atoms with Gasteiger partial charge in [-0.1, -0.05) is 30.3 Å². The van der Waals surface area contributed by atoms with Crippen LogP contribution in [0.1, 0.15) is 17.3 Å². The Hall–Kier alpha value is -1.61. The summed E-state index contributed by atoms with van der Waals surface area (Å²) in [7, 11) is 1.50. The Morgan fingerprint density at radius 3 is 2.57 bits per heavy atom. The lowest BCUT2D eigenvalue weighted by atomic mass is 10.1. The number of benzene rings is 1. The van der Waals surface area contributed by atoms with E-state index in [2.05, 4.69) is 10.3 Å². The van der Waals surface area contributed by atoms with Gasteiger partial charge in [-0.2, -0.15) is 0 Å². The molecule has 0 saturated carbocycles. The molecule has 0 aliphatic carbocycles. The fourth-order valence-corrected chi connectivity index (χ4v) is 1.07. The van der Waals surface area contributed by atoms with Crippen molar-refractivity contribution in [1.82, 2.24) is 5.48 Å². The summed E-state index contributed by atoms with van der Waals surface area (Å²) in [4.78, 5) is 16.2. The lowest BCUT2D eigenvalue weighted by molar-refractivity contribution is 0.102. The fourth-order valence-electron chi connectivity index (χ4n) is 1.07. The van der Waals surface area contributed by atoms with Gasteiger partial charge < -0.3 is 0 Å². The smallest absolute Gasteiger partial charge is 0.187 e. The van der Waals surface area contributed by atoms with Crippen LogP contribution in [0.15, 0.2) is 42.1 Å². The quantitative estimate of drug-likeness (QED) is 0.449. The average Bonchev–Trinajstić information content (AvgIpc) is 2.19. The minimum absolute atomic E-state index is 0.0346. The molecule has 0 aliphatic heterocycles. The van der Waals surface area contributed by atoms with Gasteiger partial charge in [0.25, 0.3) is 0 Å².